The van der Waals surface area contributed by atoms with Gasteiger partial charge in [-0.05, 0) is 38.0 Å². The van der Waals surface area contributed by atoms with Crippen molar-refractivity contribution in [2.24, 2.45) is 0 Å². The number of aromatic nitrogens is 3. The third-order valence-corrected chi connectivity index (χ3v) is 4.35. The van der Waals surface area contributed by atoms with Crippen LogP contribution >= 0.6 is 0 Å². The highest BCUT2D eigenvalue weighted by molar-refractivity contribution is 5.94. The lowest BCUT2D eigenvalue weighted by Crippen LogP contribution is -2.62. The number of hydrogen-bond acceptors (Lipinski definition) is 4. The maximum absolute atomic E-state index is 12.5. The molecule has 1 saturated heterocycles. The average Bonchev–Trinajstić information content (AvgIpc) is 3.03. The molecule has 3 N–H and O–H groups in total. The number of nitrogens with one attached hydrogen (secondary N) is 3. The van der Waals surface area contributed by atoms with Crippen molar-refractivity contribution in [1.82, 2.24) is 25.8 Å². The van der Waals surface area contributed by atoms with Crippen LogP contribution in [0.1, 0.15) is 48.4 Å². The SMILES string of the molecule is CC1(C)NC(=O)CCC1NC(=O)c1ccc(Cc2ncn[nH]2)cc1. The minimum atomic E-state index is -0.447. The molecule has 1 aliphatic heterocycles. The normalized spacial score (nSPS) is 19.6. The van der Waals surface area contributed by atoms with Crippen LogP contribution < -0.4 is 10.6 Å². The number of amides is 2. The van der Waals surface area contributed by atoms with Crippen LogP contribution in [0.4, 0.5) is 0 Å². The van der Waals surface area contributed by atoms with Gasteiger partial charge >= 0.3 is 0 Å². The zero-order valence-electron chi connectivity index (χ0n) is 13.8. The van der Waals surface area contributed by atoms with Gasteiger partial charge in [-0.25, -0.2) is 4.98 Å². The van der Waals surface area contributed by atoms with Crippen LogP contribution in [0.15, 0.2) is 30.6 Å². The molecule has 2 heterocycles. The first kappa shape index (κ1) is 16.2. The number of rotatable bonds is 4. The van der Waals surface area contributed by atoms with E-state index in [1.165, 1.54) is 6.33 Å². The molecule has 0 bridgehead atoms. The molecule has 0 aliphatic carbocycles. The van der Waals surface area contributed by atoms with Crippen LogP contribution in [-0.4, -0.2) is 38.6 Å². The Labute approximate surface area is 140 Å². The molecule has 7 nitrogen and oxygen atoms in total. The van der Waals surface area contributed by atoms with Gasteiger partial charge in [0.15, 0.2) is 0 Å². The van der Waals surface area contributed by atoms with Crippen molar-refractivity contribution < 1.29 is 9.59 Å². The Morgan fingerprint density at radius 2 is 2.08 bits per heavy atom. The number of nitrogens with zero attached hydrogens (tertiary/aromatic N) is 2. The van der Waals surface area contributed by atoms with Gasteiger partial charge < -0.3 is 10.6 Å². The Balaban J connectivity index is 1.63. The fourth-order valence-corrected chi connectivity index (χ4v) is 2.92. The molecule has 24 heavy (non-hydrogen) atoms. The molecule has 1 atom stereocenters. The molecule has 2 aromatic rings. The summed E-state index contributed by atoms with van der Waals surface area (Å²) >= 11 is 0. The molecule has 1 aliphatic rings. The summed E-state index contributed by atoms with van der Waals surface area (Å²) in [5.41, 5.74) is 1.20. The first-order chi connectivity index (χ1) is 11.4. The van der Waals surface area contributed by atoms with Crippen LogP contribution in [0.2, 0.25) is 0 Å². The lowest BCUT2D eigenvalue weighted by Gasteiger charge is -2.39. The van der Waals surface area contributed by atoms with Crippen molar-refractivity contribution in [3.8, 4) is 0 Å². The van der Waals surface area contributed by atoms with Gasteiger partial charge in [0.1, 0.15) is 12.2 Å². The quantitative estimate of drug-likeness (QED) is 0.785. The Kier molecular flexibility index (Phi) is 4.33. The third kappa shape index (κ3) is 3.61. The van der Waals surface area contributed by atoms with Crippen molar-refractivity contribution in [3.63, 3.8) is 0 Å². The van der Waals surface area contributed by atoms with E-state index < -0.39 is 5.54 Å². The van der Waals surface area contributed by atoms with E-state index in [0.717, 1.165) is 11.4 Å². The molecule has 1 unspecified atom stereocenters. The molecule has 126 valence electrons. The number of piperidine rings is 1. The van der Waals surface area contributed by atoms with E-state index in [2.05, 4.69) is 25.8 Å². The Morgan fingerprint density at radius 3 is 2.71 bits per heavy atom. The summed E-state index contributed by atoms with van der Waals surface area (Å²) in [5.74, 6) is 0.685. The van der Waals surface area contributed by atoms with Crippen LogP contribution in [0, 0.1) is 0 Å². The van der Waals surface area contributed by atoms with Gasteiger partial charge in [-0.1, -0.05) is 12.1 Å². The van der Waals surface area contributed by atoms with E-state index in [1.54, 1.807) is 12.1 Å². The maximum Gasteiger partial charge on any atom is 0.251 e. The van der Waals surface area contributed by atoms with Gasteiger partial charge in [0, 0.05) is 18.4 Å². The van der Waals surface area contributed by atoms with Gasteiger partial charge in [0.05, 0.1) is 11.6 Å². The second kappa shape index (κ2) is 6.43. The Bertz CT molecular complexity index is 722. The summed E-state index contributed by atoms with van der Waals surface area (Å²) in [6.07, 6.45) is 3.20. The van der Waals surface area contributed by atoms with E-state index in [4.69, 9.17) is 0 Å². The molecule has 1 fully saturated rings. The summed E-state index contributed by atoms with van der Waals surface area (Å²) in [6, 6.07) is 7.33. The molecule has 1 aromatic heterocycles. The number of benzene rings is 1. The van der Waals surface area contributed by atoms with Gasteiger partial charge in [0.25, 0.3) is 5.91 Å². The second-order valence-corrected chi connectivity index (χ2v) is 6.64. The van der Waals surface area contributed by atoms with Crippen molar-refractivity contribution in [3.05, 3.63) is 47.5 Å². The number of carbonyl (C=O) groups is 2. The van der Waals surface area contributed by atoms with Crippen molar-refractivity contribution in [2.45, 2.75) is 44.7 Å². The zero-order valence-corrected chi connectivity index (χ0v) is 13.8. The highest BCUT2D eigenvalue weighted by Gasteiger charge is 2.36. The molecular weight excluding hydrogens is 306 g/mol. The van der Waals surface area contributed by atoms with E-state index >= 15 is 0 Å². The third-order valence-electron chi connectivity index (χ3n) is 4.35. The van der Waals surface area contributed by atoms with Crippen molar-refractivity contribution in [2.75, 3.05) is 0 Å². The average molecular weight is 327 g/mol. The monoisotopic (exact) mass is 327 g/mol. The second-order valence-electron chi connectivity index (χ2n) is 6.64. The number of H-pyrrole nitrogens is 1. The molecule has 3 rings (SSSR count). The van der Waals surface area contributed by atoms with Crippen LogP contribution in [0.25, 0.3) is 0 Å². The fourth-order valence-electron chi connectivity index (χ4n) is 2.92. The summed E-state index contributed by atoms with van der Waals surface area (Å²) in [6.45, 7) is 3.85. The number of aromatic amines is 1. The van der Waals surface area contributed by atoms with Gasteiger partial charge in [-0.2, -0.15) is 5.10 Å². The van der Waals surface area contributed by atoms with E-state index in [-0.39, 0.29) is 17.9 Å². The minimum Gasteiger partial charge on any atom is -0.349 e. The summed E-state index contributed by atoms with van der Waals surface area (Å²) < 4.78 is 0. The molecule has 0 radical (unpaired) electrons. The van der Waals surface area contributed by atoms with Crippen LogP contribution in [0.3, 0.4) is 0 Å². The molecule has 0 spiro atoms. The lowest BCUT2D eigenvalue weighted by atomic mass is 9.86. The summed E-state index contributed by atoms with van der Waals surface area (Å²) in [5, 5.41) is 12.6. The largest absolute Gasteiger partial charge is 0.349 e. The molecule has 1 aromatic carbocycles. The number of hydrogen-bond donors (Lipinski definition) is 3. The molecular formula is C17H21N5O2. The standard InChI is InChI=1S/C17H21N5O2/c1-17(2)13(7-8-15(23)21-17)20-16(24)12-5-3-11(4-6-12)9-14-18-10-19-22-14/h3-6,10,13H,7-9H2,1-2H3,(H,20,24)(H,21,23)(H,18,19,22). The minimum absolute atomic E-state index is 0.0299. The van der Waals surface area contributed by atoms with Gasteiger partial charge in [0.2, 0.25) is 5.91 Å². The predicted octanol–water partition coefficient (Wildman–Crippen LogP) is 1.18. The fraction of sp³-hybridized carbons (Fsp3) is 0.412. The summed E-state index contributed by atoms with van der Waals surface area (Å²) in [7, 11) is 0. The van der Waals surface area contributed by atoms with Crippen LogP contribution in [-0.2, 0) is 11.2 Å². The predicted molar refractivity (Wildman–Crippen MR) is 88.3 cm³/mol. The summed E-state index contributed by atoms with van der Waals surface area (Å²) in [4.78, 5) is 28.1. The van der Waals surface area contributed by atoms with E-state index in [1.807, 2.05) is 26.0 Å². The first-order valence-electron chi connectivity index (χ1n) is 7.99. The van der Waals surface area contributed by atoms with Gasteiger partial charge in [-0.3, -0.25) is 14.7 Å². The van der Waals surface area contributed by atoms with E-state index in [9.17, 15) is 9.59 Å². The zero-order chi connectivity index (χ0) is 17.2. The lowest BCUT2D eigenvalue weighted by molar-refractivity contribution is -0.125. The topological polar surface area (TPSA) is 99.8 Å². The van der Waals surface area contributed by atoms with Gasteiger partial charge in [-0.15, -0.1) is 0 Å². The maximum atomic E-state index is 12.5. The van der Waals surface area contributed by atoms with Crippen LogP contribution in [0.5, 0.6) is 0 Å². The molecule has 2 amide bonds. The Morgan fingerprint density at radius 1 is 1.33 bits per heavy atom. The van der Waals surface area contributed by atoms with E-state index in [0.29, 0.717) is 24.8 Å². The smallest absolute Gasteiger partial charge is 0.251 e. The highest BCUT2D eigenvalue weighted by Crippen LogP contribution is 2.20. The first-order valence-corrected chi connectivity index (χ1v) is 7.99. The molecule has 7 heteroatoms. The molecule has 0 saturated carbocycles. The Hall–Kier alpha value is -2.70. The van der Waals surface area contributed by atoms with Crippen molar-refractivity contribution in [1.29, 1.82) is 0 Å². The number of carbonyl (C=O) groups excluding carboxylic acids is 2. The highest BCUT2D eigenvalue weighted by atomic mass is 16.2. The van der Waals surface area contributed by atoms with Crippen molar-refractivity contribution >= 4 is 11.8 Å².